The summed E-state index contributed by atoms with van der Waals surface area (Å²) in [5.41, 5.74) is 2.90. The molecule has 0 bridgehead atoms. The molecule has 0 spiro atoms. The van der Waals surface area contributed by atoms with Crippen LogP contribution in [0.25, 0.3) is 17.2 Å². The predicted octanol–water partition coefficient (Wildman–Crippen LogP) is 3.64. The topological polar surface area (TPSA) is 64.5 Å². The Kier molecular flexibility index (Phi) is 6.41. The number of ether oxygens (including phenoxy) is 2. The van der Waals surface area contributed by atoms with Crippen molar-refractivity contribution in [3.8, 4) is 11.1 Å². The average molecular weight is 381 g/mol. The number of rotatable bonds is 5. The molecule has 1 aromatic heterocycles. The molecule has 2 aromatic rings. The molecule has 1 aromatic carbocycles. The minimum atomic E-state index is -0.344. The fourth-order valence-electron chi connectivity index (χ4n) is 3.42. The molecule has 2 heterocycles. The van der Waals surface area contributed by atoms with E-state index in [9.17, 15) is 4.79 Å². The van der Waals surface area contributed by atoms with Gasteiger partial charge >= 0.3 is 5.97 Å². The van der Waals surface area contributed by atoms with Gasteiger partial charge in [0.25, 0.3) is 0 Å². The van der Waals surface area contributed by atoms with E-state index in [1.165, 1.54) is 6.08 Å². The summed E-state index contributed by atoms with van der Waals surface area (Å²) in [6.07, 6.45) is 5.36. The summed E-state index contributed by atoms with van der Waals surface area (Å²) in [6, 6.07) is 7.98. The van der Waals surface area contributed by atoms with Crippen LogP contribution in [0.4, 0.5) is 5.82 Å². The van der Waals surface area contributed by atoms with Crippen LogP contribution in [0.15, 0.2) is 36.5 Å². The Hall–Kier alpha value is -2.73. The van der Waals surface area contributed by atoms with Gasteiger partial charge in [0, 0.05) is 30.9 Å². The second-order valence-corrected chi connectivity index (χ2v) is 7.03. The maximum atomic E-state index is 11.6. The number of aromatic nitrogens is 2. The third-order valence-electron chi connectivity index (χ3n) is 4.50. The van der Waals surface area contributed by atoms with Crippen molar-refractivity contribution in [1.82, 2.24) is 9.97 Å². The molecule has 6 heteroatoms. The molecule has 1 saturated heterocycles. The van der Waals surface area contributed by atoms with Gasteiger partial charge in [-0.3, -0.25) is 0 Å². The molecule has 0 saturated carbocycles. The highest BCUT2D eigenvalue weighted by molar-refractivity contribution is 5.87. The molecule has 6 nitrogen and oxygen atoms in total. The molecule has 1 aliphatic heterocycles. The normalized spacial score (nSPS) is 19.8. The monoisotopic (exact) mass is 381 g/mol. The number of hydrogen-bond acceptors (Lipinski definition) is 6. The molecule has 1 fully saturated rings. The van der Waals surface area contributed by atoms with E-state index in [-0.39, 0.29) is 18.2 Å². The fourth-order valence-corrected chi connectivity index (χ4v) is 3.42. The van der Waals surface area contributed by atoms with Crippen molar-refractivity contribution >= 4 is 17.9 Å². The van der Waals surface area contributed by atoms with Crippen molar-refractivity contribution in [1.29, 1.82) is 0 Å². The minimum absolute atomic E-state index is 0.144. The number of carbonyl (C=O) groups is 1. The van der Waals surface area contributed by atoms with Gasteiger partial charge < -0.3 is 14.4 Å². The van der Waals surface area contributed by atoms with Gasteiger partial charge in [0.15, 0.2) is 0 Å². The molecule has 2 unspecified atom stereocenters. The van der Waals surface area contributed by atoms with Crippen molar-refractivity contribution < 1.29 is 14.3 Å². The van der Waals surface area contributed by atoms with Crippen LogP contribution >= 0.6 is 0 Å². The van der Waals surface area contributed by atoms with E-state index in [4.69, 9.17) is 14.5 Å². The molecule has 0 N–H and O–H groups in total. The molecule has 1 aliphatic rings. The number of anilines is 1. The van der Waals surface area contributed by atoms with Gasteiger partial charge in [-0.15, -0.1) is 0 Å². The zero-order valence-electron chi connectivity index (χ0n) is 16.9. The maximum absolute atomic E-state index is 11.6. The van der Waals surface area contributed by atoms with Crippen LogP contribution in [-0.4, -0.2) is 47.8 Å². The molecular formula is C22H27N3O3. The highest BCUT2D eigenvalue weighted by atomic mass is 16.5. The largest absolute Gasteiger partial charge is 0.463 e. The summed E-state index contributed by atoms with van der Waals surface area (Å²) in [5.74, 6) is 1.31. The first kappa shape index (κ1) is 20.0. The van der Waals surface area contributed by atoms with E-state index in [0.29, 0.717) is 6.61 Å². The molecule has 0 aliphatic carbocycles. The Morgan fingerprint density at radius 3 is 2.79 bits per heavy atom. The number of morpholine rings is 1. The number of hydrogen-bond donors (Lipinski definition) is 0. The van der Waals surface area contributed by atoms with Crippen LogP contribution in [0, 0.1) is 6.92 Å². The van der Waals surface area contributed by atoms with Crippen LogP contribution in [-0.2, 0) is 14.3 Å². The van der Waals surface area contributed by atoms with Gasteiger partial charge in [-0.05, 0) is 51.0 Å². The molecule has 148 valence electrons. The van der Waals surface area contributed by atoms with Crippen LogP contribution in [0.1, 0.15) is 32.2 Å². The number of aryl methyl sites for hydroxylation is 1. The summed E-state index contributed by atoms with van der Waals surface area (Å²) in [4.78, 5) is 23.0. The zero-order valence-corrected chi connectivity index (χ0v) is 16.9. The first-order chi connectivity index (χ1) is 13.5. The Balaban J connectivity index is 1.93. The number of nitrogens with zero attached hydrogens (tertiary/aromatic N) is 3. The van der Waals surface area contributed by atoms with E-state index >= 15 is 0 Å². The Morgan fingerprint density at radius 2 is 2.07 bits per heavy atom. The van der Waals surface area contributed by atoms with E-state index < -0.39 is 0 Å². The van der Waals surface area contributed by atoms with Gasteiger partial charge in [0.1, 0.15) is 11.6 Å². The lowest BCUT2D eigenvalue weighted by atomic mass is 10.0. The minimum Gasteiger partial charge on any atom is -0.463 e. The summed E-state index contributed by atoms with van der Waals surface area (Å²) in [6.45, 7) is 9.79. The van der Waals surface area contributed by atoms with Gasteiger partial charge in [-0.25, -0.2) is 14.8 Å². The molecule has 28 heavy (non-hydrogen) atoms. The third-order valence-corrected chi connectivity index (χ3v) is 4.50. The van der Waals surface area contributed by atoms with Crippen LogP contribution in [0.3, 0.4) is 0 Å². The number of benzene rings is 1. The third kappa shape index (κ3) is 4.95. The lowest BCUT2D eigenvalue weighted by Gasteiger charge is -2.37. The van der Waals surface area contributed by atoms with Gasteiger partial charge in [-0.2, -0.15) is 0 Å². The summed E-state index contributed by atoms with van der Waals surface area (Å²) < 4.78 is 10.8. The molecular weight excluding hydrogens is 354 g/mol. The van der Waals surface area contributed by atoms with Crippen molar-refractivity contribution in [3.63, 3.8) is 0 Å². The lowest BCUT2D eigenvalue weighted by Crippen LogP contribution is -2.46. The molecule has 0 amide bonds. The van der Waals surface area contributed by atoms with Crippen LogP contribution < -0.4 is 4.90 Å². The second-order valence-electron chi connectivity index (χ2n) is 7.03. The Morgan fingerprint density at radius 1 is 1.32 bits per heavy atom. The van der Waals surface area contributed by atoms with Crippen molar-refractivity contribution in [2.75, 3.05) is 24.6 Å². The van der Waals surface area contributed by atoms with Crippen molar-refractivity contribution in [2.24, 2.45) is 0 Å². The Bertz CT molecular complexity index is 856. The van der Waals surface area contributed by atoms with Crippen LogP contribution in [0.2, 0.25) is 0 Å². The van der Waals surface area contributed by atoms with E-state index in [2.05, 4.69) is 23.7 Å². The smallest absolute Gasteiger partial charge is 0.330 e. The van der Waals surface area contributed by atoms with Crippen molar-refractivity contribution in [3.05, 3.63) is 47.9 Å². The summed E-state index contributed by atoms with van der Waals surface area (Å²) in [5, 5.41) is 0. The van der Waals surface area contributed by atoms with Crippen molar-refractivity contribution in [2.45, 2.75) is 39.9 Å². The summed E-state index contributed by atoms with van der Waals surface area (Å²) >= 11 is 0. The van der Waals surface area contributed by atoms with E-state index in [1.807, 2.05) is 37.4 Å². The molecule has 3 rings (SSSR count). The Labute approximate surface area is 166 Å². The standard InChI is InChI=1S/C22H27N3O3/c1-5-27-21(26)10-9-18-7-6-8-19(11-18)20-12-23-17(4)24-22(20)25-13-15(2)28-16(3)14-25/h6-12,15-16H,5,13-14H2,1-4H3/b10-9+. The molecule has 0 radical (unpaired) electrons. The van der Waals surface area contributed by atoms with Crippen LogP contribution in [0.5, 0.6) is 0 Å². The summed E-state index contributed by atoms with van der Waals surface area (Å²) in [7, 11) is 0. The van der Waals surface area contributed by atoms with Gasteiger partial charge in [0.2, 0.25) is 0 Å². The van der Waals surface area contributed by atoms with Gasteiger partial charge in [-0.1, -0.05) is 18.2 Å². The van der Waals surface area contributed by atoms with Gasteiger partial charge in [0.05, 0.1) is 18.8 Å². The number of carbonyl (C=O) groups excluding carboxylic acids is 1. The number of esters is 1. The quantitative estimate of drug-likeness (QED) is 0.582. The first-order valence-electron chi connectivity index (χ1n) is 9.65. The highest BCUT2D eigenvalue weighted by Gasteiger charge is 2.25. The highest BCUT2D eigenvalue weighted by Crippen LogP contribution is 2.31. The second kappa shape index (κ2) is 8.97. The lowest BCUT2D eigenvalue weighted by molar-refractivity contribution is -0.137. The zero-order chi connectivity index (χ0) is 20.1. The maximum Gasteiger partial charge on any atom is 0.330 e. The van der Waals surface area contributed by atoms with E-state index in [1.54, 1.807) is 13.0 Å². The van der Waals surface area contributed by atoms with E-state index in [0.717, 1.165) is 41.4 Å². The fraction of sp³-hybridized carbons (Fsp3) is 0.409. The molecule has 2 atom stereocenters. The predicted molar refractivity (Wildman–Crippen MR) is 110 cm³/mol. The SMILES string of the molecule is CCOC(=O)/C=C/c1cccc(-c2cnc(C)nc2N2CC(C)OC(C)C2)c1. The first-order valence-corrected chi connectivity index (χ1v) is 9.65. The average Bonchev–Trinajstić information content (AvgIpc) is 2.66.